The van der Waals surface area contributed by atoms with Crippen molar-refractivity contribution in [2.24, 2.45) is 0 Å². The predicted molar refractivity (Wildman–Crippen MR) is 127 cm³/mol. The van der Waals surface area contributed by atoms with E-state index >= 15 is 0 Å². The zero-order valence-corrected chi connectivity index (χ0v) is 19.9. The van der Waals surface area contributed by atoms with E-state index in [0.29, 0.717) is 47.3 Å². The first-order valence-electron chi connectivity index (χ1n) is 11.1. The Morgan fingerprint density at radius 2 is 1.54 bits per heavy atom. The number of allylic oxidation sites excluding steroid dienone is 1. The number of rotatable bonds is 6. The second-order valence-electron chi connectivity index (χ2n) is 8.32. The molecule has 1 aliphatic carbocycles. The number of Topliss-reactive ketones (excluding diaryl/α,β-unsaturated/α-hetero) is 1. The van der Waals surface area contributed by atoms with Gasteiger partial charge in [-0.15, -0.1) is 0 Å². The van der Waals surface area contributed by atoms with Gasteiger partial charge in [-0.2, -0.15) is 0 Å². The maximum atomic E-state index is 13.7. The second kappa shape index (κ2) is 9.21. The number of hydrogen-bond acceptors (Lipinski definition) is 10. The van der Waals surface area contributed by atoms with Crippen LogP contribution in [0.1, 0.15) is 35.9 Å². The number of carbonyl (C=O) groups excluding carboxylic acids is 1. The fraction of sp³-hybridized carbons (Fsp3) is 0.320. The number of hydrogen-bond donors (Lipinski definition) is 2. The van der Waals surface area contributed by atoms with E-state index < -0.39 is 6.04 Å². The van der Waals surface area contributed by atoms with E-state index in [1.54, 1.807) is 28.4 Å². The van der Waals surface area contributed by atoms with Gasteiger partial charge in [-0.3, -0.25) is 4.79 Å². The number of benzene rings is 2. The van der Waals surface area contributed by atoms with Crippen molar-refractivity contribution in [2.45, 2.75) is 24.8 Å². The van der Waals surface area contributed by atoms with Gasteiger partial charge in [0, 0.05) is 17.7 Å². The molecule has 0 saturated carbocycles. The molecule has 35 heavy (non-hydrogen) atoms. The summed E-state index contributed by atoms with van der Waals surface area (Å²) < 4.78 is 26.8. The number of fused-ring (bicyclic) bond motifs is 1. The first-order valence-corrected chi connectivity index (χ1v) is 11.1. The van der Waals surface area contributed by atoms with Crippen LogP contribution in [0.2, 0.25) is 0 Å². The van der Waals surface area contributed by atoms with Crippen molar-refractivity contribution < 1.29 is 28.4 Å². The minimum atomic E-state index is -0.538. The van der Waals surface area contributed by atoms with E-state index in [-0.39, 0.29) is 11.7 Å². The summed E-state index contributed by atoms with van der Waals surface area (Å²) in [6.07, 6.45) is 0.979. The van der Waals surface area contributed by atoms with Gasteiger partial charge in [-0.1, -0.05) is 12.1 Å². The van der Waals surface area contributed by atoms with Crippen LogP contribution in [0.15, 0.2) is 52.3 Å². The summed E-state index contributed by atoms with van der Waals surface area (Å²) >= 11 is 0. The second-order valence-corrected chi connectivity index (χ2v) is 8.32. The van der Waals surface area contributed by atoms with Gasteiger partial charge in [-0.25, -0.2) is 4.63 Å². The van der Waals surface area contributed by atoms with Gasteiger partial charge < -0.3 is 29.6 Å². The molecule has 1 aromatic heterocycles. The summed E-state index contributed by atoms with van der Waals surface area (Å²) in [5.74, 6) is 3.07. The largest absolute Gasteiger partial charge is 0.497 e. The quantitative estimate of drug-likeness (QED) is 0.537. The molecule has 0 spiro atoms. The number of anilines is 2. The monoisotopic (exact) mass is 478 g/mol. The lowest BCUT2D eigenvalue weighted by molar-refractivity contribution is -0.116. The number of carbonyl (C=O) groups is 1. The topological polar surface area (TPSA) is 117 Å². The normalized spacial score (nSPS) is 19.0. The summed E-state index contributed by atoms with van der Waals surface area (Å²) in [4.78, 5) is 13.7. The third-order valence-corrected chi connectivity index (χ3v) is 6.44. The highest BCUT2D eigenvalue weighted by Gasteiger charge is 2.38. The van der Waals surface area contributed by atoms with Crippen molar-refractivity contribution in [1.29, 1.82) is 0 Å². The molecule has 0 bridgehead atoms. The first-order chi connectivity index (χ1) is 17.1. The van der Waals surface area contributed by atoms with Gasteiger partial charge in [0.05, 0.1) is 34.5 Å². The molecule has 10 nitrogen and oxygen atoms in total. The molecule has 5 rings (SSSR count). The molecule has 0 saturated heterocycles. The van der Waals surface area contributed by atoms with E-state index in [1.165, 1.54) is 0 Å². The van der Waals surface area contributed by atoms with Gasteiger partial charge in [0.2, 0.25) is 17.4 Å². The molecule has 2 aromatic carbocycles. The average Bonchev–Trinajstić information content (AvgIpc) is 3.26. The van der Waals surface area contributed by atoms with Crippen LogP contribution in [0, 0.1) is 0 Å². The van der Waals surface area contributed by atoms with Gasteiger partial charge in [0.25, 0.3) is 0 Å². The third kappa shape index (κ3) is 4.01. The maximum absolute atomic E-state index is 13.7. The molecule has 1 aliphatic heterocycles. The molecular formula is C25H26N4O6. The van der Waals surface area contributed by atoms with Crippen LogP contribution in [0.25, 0.3) is 0 Å². The van der Waals surface area contributed by atoms with Crippen molar-refractivity contribution in [3.05, 3.63) is 58.8 Å². The van der Waals surface area contributed by atoms with Crippen molar-refractivity contribution >= 4 is 17.4 Å². The van der Waals surface area contributed by atoms with Crippen LogP contribution >= 0.6 is 0 Å². The van der Waals surface area contributed by atoms with E-state index in [9.17, 15) is 4.79 Å². The number of nitrogens with zero attached hydrogens (tertiary/aromatic N) is 2. The smallest absolute Gasteiger partial charge is 0.219 e. The number of ketones is 1. The summed E-state index contributed by atoms with van der Waals surface area (Å²) in [6.45, 7) is 0. The molecule has 0 radical (unpaired) electrons. The molecule has 0 fully saturated rings. The number of nitrogens with one attached hydrogen (secondary N) is 2. The molecule has 2 aliphatic rings. The van der Waals surface area contributed by atoms with Crippen LogP contribution in [0.5, 0.6) is 23.0 Å². The molecule has 0 unspecified atom stereocenters. The Morgan fingerprint density at radius 3 is 2.17 bits per heavy atom. The number of ether oxygens (including phenoxy) is 4. The first kappa shape index (κ1) is 22.6. The van der Waals surface area contributed by atoms with Crippen LogP contribution < -0.4 is 29.6 Å². The highest BCUT2D eigenvalue weighted by molar-refractivity contribution is 6.01. The van der Waals surface area contributed by atoms with Gasteiger partial charge in [0.15, 0.2) is 17.3 Å². The fourth-order valence-corrected chi connectivity index (χ4v) is 4.73. The lowest BCUT2D eigenvalue weighted by Gasteiger charge is -2.30. The molecule has 3 aromatic rings. The number of aromatic nitrogens is 2. The lowest BCUT2D eigenvalue weighted by atomic mass is 9.78. The zero-order valence-electron chi connectivity index (χ0n) is 19.9. The fourth-order valence-electron chi connectivity index (χ4n) is 4.73. The van der Waals surface area contributed by atoms with Gasteiger partial charge in [0.1, 0.15) is 5.75 Å². The van der Waals surface area contributed by atoms with Crippen molar-refractivity contribution in [3.8, 4) is 23.0 Å². The third-order valence-electron chi connectivity index (χ3n) is 6.44. The maximum Gasteiger partial charge on any atom is 0.219 e. The van der Waals surface area contributed by atoms with Crippen molar-refractivity contribution in [1.82, 2.24) is 10.3 Å². The highest BCUT2D eigenvalue weighted by atomic mass is 16.6. The summed E-state index contributed by atoms with van der Waals surface area (Å²) in [6, 6.07) is 10.9. The summed E-state index contributed by atoms with van der Waals surface area (Å²) in [5, 5.41) is 14.6. The van der Waals surface area contributed by atoms with E-state index in [4.69, 9.17) is 23.6 Å². The Morgan fingerprint density at radius 1 is 0.857 bits per heavy atom. The Bertz CT molecular complexity index is 1260. The Kier molecular flexibility index (Phi) is 5.94. The molecular weight excluding hydrogens is 452 g/mol. The molecule has 10 heteroatoms. The minimum Gasteiger partial charge on any atom is -0.497 e. The lowest BCUT2D eigenvalue weighted by Crippen LogP contribution is -2.27. The Hall–Kier alpha value is -4.21. The van der Waals surface area contributed by atoms with Crippen LogP contribution in [-0.2, 0) is 4.79 Å². The Labute approximate surface area is 202 Å². The van der Waals surface area contributed by atoms with E-state index in [0.717, 1.165) is 22.6 Å². The average molecular weight is 479 g/mol. The Balaban J connectivity index is 1.60. The molecule has 2 heterocycles. The van der Waals surface area contributed by atoms with Gasteiger partial charge in [-0.05, 0) is 58.0 Å². The highest BCUT2D eigenvalue weighted by Crippen LogP contribution is 2.46. The predicted octanol–water partition coefficient (Wildman–Crippen LogP) is 4.08. The number of methoxy groups -OCH3 is 4. The summed E-state index contributed by atoms with van der Waals surface area (Å²) in [7, 11) is 6.29. The molecule has 182 valence electrons. The molecule has 2 N–H and O–H groups in total. The van der Waals surface area contributed by atoms with Crippen LogP contribution in [0.4, 0.5) is 11.6 Å². The minimum absolute atomic E-state index is 0.00153. The standard InChI is InChI=1S/C25H26N4O6/c1-31-16-7-5-13(6-8-16)14-9-17-21(18(30)10-14)22(27-25-24(26-17)28-35-29-25)15-11-19(32-2)23(34-4)20(12-15)33-3/h5-8,11-12,14,22H,9-10H2,1-4H3,(H,26,28)(H,27,29)/t14-,22+/m0/s1. The van der Waals surface area contributed by atoms with Crippen LogP contribution in [-0.4, -0.2) is 44.5 Å². The van der Waals surface area contributed by atoms with Crippen molar-refractivity contribution in [2.75, 3.05) is 39.1 Å². The van der Waals surface area contributed by atoms with E-state index in [2.05, 4.69) is 20.9 Å². The van der Waals surface area contributed by atoms with Gasteiger partial charge >= 0.3 is 0 Å². The molecule has 0 amide bonds. The summed E-state index contributed by atoms with van der Waals surface area (Å²) in [5.41, 5.74) is 3.19. The zero-order chi connectivity index (χ0) is 24.5. The van der Waals surface area contributed by atoms with Crippen molar-refractivity contribution in [3.63, 3.8) is 0 Å². The molecule has 2 atom stereocenters. The van der Waals surface area contributed by atoms with Crippen LogP contribution in [0.3, 0.4) is 0 Å². The van der Waals surface area contributed by atoms with E-state index in [1.807, 2.05) is 36.4 Å². The SMILES string of the molecule is COc1ccc([C@@H]2CC(=O)C3=C(C2)Nc2nonc2N[C@@H]3c2cc(OC)c(OC)c(OC)c2)cc1.